The molecule has 0 N–H and O–H groups in total. The molecule has 13 heavy (non-hydrogen) atoms. The molecule has 0 atom stereocenters. The van der Waals surface area contributed by atoms with Crippen molar-refractivity contribution in [1.82, 2.24) is 4.90 Å². The van der Waals surface area contributed by atoms with Gasteiger partial charge in [0, 0.05) is 12.6 Å². The third-order valence-corrected chi connectivity index (χ3v) is 2.55. The molecule has 1 fully saturated rings. The second kappa shape index (κ2) is 4.85. The minimum atomic E-state index is 0.0341. The van der Waals surface area contributed by atoms with Gasteiger partial charge >= 0.3 is 0 Å². The van der Waals surface area contributed by atoms with Crippen LogP contribution in [0, 0.1) is 0 Å². The molecule has 72 valence electrons. The Morgan fingerprint density at radius 2 is 2.00 bits per heavy atom. The van der Waals surface area contributed by atoms with Crippen molar-refractivity contribution in [3.8, 4) is 0 Å². The number of carbonyl (C=O) groups is 1. The van der Waals surface area contributed by atoms with Crippen molar-refractivity contribution in [1.29, 1.82) is 0 Å². The number of hydrogen-bond acceptors (Lipinski definition) is 1. The van der Waals surface area contributed by atoms with Crippen LogP contribution in [0.2, 0.25) is 0 Å². The Bertz CT molecular complexity index is 204. The molecule has 0 heterocycles. The van der Waals surface area contributed by atoms with E-state index in [-0.39, 0.29) is 5.91 Å². The molecule has 1 amide bonds. The Hall–Kier alpha value is -1.05. The number of rotatable bonds is 4. The van der Waals surface area contributed by atoms with Crippen molar-refractivity contribution >= 4 is 5.91 Å². The Morgan fingerprint density at radius 1 is 1.38 bits per heavy atom. The summed E-state index contributed by atoms with van der Waals surface area (Å²) < 4.78 is 0. The summed E-state index contributed by atoms with van der Waals surface area (Å²) in [4.78, 5) is 13.3. The summed E-state index contributed by atoms with van der Waals surface area (Å²) in [5, 5.41) is 0. The van der Waals surface area contributed by atoms with Gasteiger partial charge in [0.25, 0.3) is 0 Å². The van der Waals surface area contributed by atoms with Crippen LogP contribution in [0.3, 0.4) is 0 Å². The SMILES string of the molecule is C=CCN(C(=O)C=C)C1CCCC1. The minimum Gasteiger partial charge on any atom is -0.332 e. The van der Waals surface area contributed by atoms with E-state index in [1.807, 2.05) is 4.90 Å². The second-order valence-corrected chi connectivity index (χ2v) is 3.42. The molecular weight excluding hydrogens is 162 g/mol. The van der Waals surface area contributed by atoms with Gasteiger partial charge in [-0.1, -0.05) is 25.5 Å². The fraction of sp³-hybridized carbons (Fsp3) is 0.545. The maximum atomic E-state index is 11.4. The largest absolute Gasteiger partial charge is 0.332 e. The highest BCUT2D eigenvalue weighted by Crippen LogP contribution is 2.23. The first kappa shape index (κ1) is 10.0. The van der Waals surface area contributed by atoms with Gasteiger partial charge in [-0.3, -0.25) is 4.79 Å². The predicted octanol–water partition coefficient (Wildman–Crippen LogP) is 2.13. The van der Waals surface area contributed by atoms with Gasteiger partial charge in [0.1, 0.15) is 0 Å². The van der Waals surface area contributed by atoms with Gasteiger partial charge in [-0.25, -0.2) is 0 Å². The second-order valence-electron chi connectivity index (χ2n) is 3.42. The van der Waals surface area contributed by atoms with Crippen LogP contribution < -0.4 is 0 Å². The van der Waals surface area contributed by atoms with Gasteiger partial charge in [-0.15, -0.1) is 6.58 Å². The van der Waals surface area contributed by atoms with Crippen molar-refractivity contribution in [2.75, 3.05) is 6.54 Å². The molecule has 1 aliphatic carbocycles. The normalized spacial score (nSPS) is 16.9. The lowest BCUT2D eigenvalue weighted by Gasteiger charge is -2.26. The van der Waals surface area contributed by atoms with Crippen LogP contribution in [0.1, 0.15) is 25.7 Å². The van der Waals surface area contributed by atoms with Crippen LogP contribution in [0.25, 0.3) is 0 Å². The smallest absolute Gasteiger partial charge is 0.246 e. The first-order valence-electron chi connectivity index (χ1n) is 4.83. The van der Waals surface area contributed by atoms with Crippen LogP contribution in [0.15, 0.2) is 25.3 Å². The predicted molar refractivity (Wildman–Crippen MR) is 54.4 cm³/mol. The summed E-state index contributed by atoms with van der Waals surface area (Å²) in [7, 11) is 0. The lowest BCUT2D eigenvalue weighted by Crippen LogP contribution is -2.37. The van der Waals surface area contributed by atoms with Crippen LogP contribution >= 0.6 is 0 Å². The monoisotopic (exact) mass is 179 g/mol. The summed E-state index contributed by atoms with van der Waals surface area (Å²) in [6, 6.07) is 0.420. The molecule has 0 bridgehead atoms. The van der Waals surface area contributed by atoms with Crippen molar-refractivity contribution < 1.29 is 4.79 Å². The number of carbonyl (C=O) groups excluding carboxylic acids is 1. The maximum absolute atomic E-state index is 11.4. The van der Waals surface area contributed by atoms with Crippen LogP contribution in [-0.4, -0.2) is 23.4 Å². The van der Waals surface area contributed by atoms with E-state index in [0.29, 0.717) is 12.6 Å². The van der Waals surface area contributed by atoms with E-state index < -0.39 is 0 Å². The molecule has 1 aliphatic rings. The molecule has 2 heteroatoms. The van der Waals surface area contributed by atoms with E-state index in [9.17, 15) is 4.79 Å². The quantitative estimate of drug-likeness (QED) is 0.478. The molecule has 0 aromatic heterocycles. The Labute approximate surface area is 79.9 Å². The number of hydrogen-bond donors (Lipinski definition) is 0. The van der Waals surface area contributed by atoms with E-state index >= 15 is 0 Å². The highest BCUT2D eigenvalue weighted by atomic mass is 16.2. The summed E-state index contributed by atoms with van der Waals surface area (Å²) in [5.41, 5.74) is 0. The molecule has 0 saturated heterocycles. The summed E-state index contributed by atoms with van der Waals surface area (Å²) >= 11 is 0. The Balaban J connectivity index is 2.59. The van der Waals surface area contributed by atoms with Crippen LogP contribution in [0.5, 0.6) is 0 Å². The van der Waals surface area contributed by atoms with Gasteiger partial charge < -0.3 is 4.90 Å². The molecule has 0 aromatic rings. The first-order valence-corrected chi connectivity index (χ1v) is 4.83. The molecular formula is C11H17NO. The zero-order chi connectivity index (χ0) is 9.68. The zero-order valence-electron chi connectivity index (χ0n) is 8.04. The molecule has 0 aromatic carbocycles. The summed E-state index contributed by atoms with van der Waals surface area (Å²) in [6.45, 7) is 7.82. The minimum absolute atomic E-state index is 0.0341. The molecule has 0 unspecified atom stereocenters. The average molecular weight is 179 g/mol. The highest BCUT2D eigenvalue weighted by molar-refractivity contribution is 5.87. The van der Waals surface area contributed by atoms with Crippen LogP contribution in [0.4, 0.5) is 0 Å². The van der Waals surface area contributed by atoms with E-state index in [1.165, 1.54) is 18.9 Å². The maximum Gasteiger partial charge on any atom is 0.246 e. The van der Waals surface area contributed by atoms with E-state index in [2.05, 4.69) is 13.2 Å². The molecule has 0 spiro atoms. The fourth-order valence-corrected chi connectivity index (χ4v) is 1.89. The zero-order valence-corrected chi connectivity index (χ0v) is 8.04. The molecule has 0 radical (unpaired) electrons. The third-order valence-electron chi connectivity index (χ3n) is 2.55. The number of nitrogens with zero attached hydrogens (tertiary/aromatic N) is 1. The third kappa shape index (κ3) is 2.44. The molecule has 1 saturated carbocycles. The van der Waals surface area contributed by atoms with Crippen molar-refractivity contribution in [3.05, 3.63) is 25.3 Å². The number of amides is 1. The first-order chi connectivity index (χ1) is 6.29. The van der Waals surface area contributed by atoms with Crippen LogP contribution in [-0.2, 0) is 4.79 Å². The van der Waals surface area contributed by atoms with E-state index in [4.69, 9.17) is 0 Å². The van der Waals surface area contributed by atoms with E-state index in [0.717, 1.165) is 12.8 Å². The summed E-state index contributed by atoms with van der Waals surface area (Å²) in [5.74, 6) is 0.0341. The van der Waals surface area contributed by atoms with Crippen molar-refractivity contribution in [3.63, 3.8) is 0 Å². The van der Waals surface area contributed by atoms with Crippen molar-refractivity contribution in [2.45, 2.75) is 31.7 Å². The van der Waals surface area contributed by atoms with Crippen molar-refractivity contribution in [2.24, 2.45) is 0 Å². The van der Waals surface area contributed by atoms with Gasteiger partial charge in [0.15, 0.2) is 0 Å². The molecule has 2 nitrogen and oxygen atoms in total. The highest BCUT2D eigenvalue weighted by Gasteiger charge is 2.23. The van der Waals surface area contributed by atoms with Gasteiger partial charge in [-0.05, 0) is 18.9 Å². The van der Waals surface area contributed by atoms with E-state index in [1.54, 1.807) is 6.08 Å². The Kier molecular flexibility index (Phi) is 3.74. The molecule has 1 rings (SSSR count). The standard InChI is InChI=1S/C11H17NO/c1-3-9-12(11(13)4-2)10-7-5-6-8-10/h3-4,10H,1-2,5-9H2. The van der Waals surface area contributed by atoms with Gasteiger partial charge in [0.05, 0.1) is 0 Å². The Morgan fingerprint density at radius 3 is 2.46 bits per heavy atom. The topological polar surface area (TPSA) is 20.3 Å². The lowest BCUT2D eigenvalue weighted by atomic mass is 10.2. The van der Waals surface area contributed by atoms with Gasteiger partial charge in [-0.2, -0.15) is 0 Å². The van der Waals surface area contributed by atoms with Gasteiger partial charge in [0.2, 0.25) is 5.91 Å². The lowest BCUT2D eigenvalue weighted by molar-refractivity contribution is -0.127. The fourth-order valence-electron chi connectivity index (χ4n) is 1.89. The molecule has 0 aliphatic heterocycles. The summed E-state index contributed by atoms with van der Waals surface area (Å²) in [6.07, 6.45) is 7.91. The average Bonchev–Trinajstić information content (AvgIpc) is 2.65.